The molecule has 0 aliphatic rings. The monoisotopic (exact) mass is 387 g/mol. The van der Waals surface area contributed by atoms with Crippen LogP contribution in [0.2, 0.25) is 0 Å². The molecule has 1 aromatic heterocycles. The van der Waals surface area contributed by atoms with E-state index < -0.39 is 4.92 Å². The zero-order chi connectivity index (χ0) is 19.2. The smallest absolute Gasteiger partial charge is 0.270 e. The maximum atomic E-state index is 13.3. The predicted molar refractivity (Wildman–Crippen MR) is 102 cm³/mol. The molecule has 3 aromatic rings. The van der Waals surface area contributed by atoms with Crippen LogP contribution in [0.4, 0.5) is 21.0 Å². The van der Waals surface area contributed by atoms with E-state index in [4.69, 9.17) is 10.5 Å². The molecule has 0 aliphatic carbocycles. The minimum atomic E-state index is -0.511. The number of aromatic nitrogens is 1. The summed E-state index contributed by atoms with van der Waals surface area (Å²) in [7, 11) is 0. The van der Waals surface area contributed by atoms with E-state index in [-0.39, 0.29) is 18.1 Å². The van der Waals surface area contributed by atoms with Gasteiger partial charge in [-0.25, -0.2) is 9.37 Å². The molecule has 27 heavy (non-hydrogen) atoms. The zero-order valence-corrected chi connectivity index (χ0v) is 14.6. The first-order valence-electron chi connectivity index (χ1n) is 7.67. The number of nitro groups is 1. The largest absolute Gasteiger partial charge is 0.488 e. The highest BCUT2D eigenvalue weighted by molar-refractivity contribution is 7.14. The highest BCUT2D eigenvalue weighted by atomic mass is 32.1. The van der Waals surface area contributed by atoms with Gasteiger partial charge in [0.1, 0.15) is 24.0 Å². The van der Waals surface area contributed by atoms with Crippen molar-refractivity contribution in [1.29, 1.82) is 0 Å². The van der Waals surface area contributed by atoms with Gasteiger partial charge in [0.05, 0.1) is 11.1 Å². The number of nitrogens with one attached hydrogen (secondary N) is 1. The summed E-state index contributed by atoms with van der Waals surface area (Å²) in [5.74, 6) is 0.370. The Labute approximate surface area is 157 Å². The van der Waals surface area contributed by atoms with Crippen molar-refractivity contribution in [3.8, 4) is 5.75 Å². The molecule has 0 radical (unpaired) electrons. The first-order chi connectivity index (χ1) is 13.0. The number of thiazole rings is 1. The molecule has 0 unspecified atom stereocenters. The minimum absolute atomic E-state index is 0.104. The SMILES string of the molecule is Nc1csc(NN=Cc2cc([N+](=O)[O-])ccc2OCc2cccc(F)c2)n1. The Balaban J connectivity index is 1.78. The van der Waals surface area contributed by atoms with Gasteiger partial charge in [0.25, 0.3) is 5.69 Å². The second-order valence-electron chi connectivity index (χ2n) is 5.35. The van der Waals surface area contributed by atoms with Gasteiger partial charge in [-0.3, -0.25) is 15.5 Å². The van der Waals surface area contributed by atoms with E-state index in [2.05, 4.69) is 15.5 Å². The molecule has 138 valence electrons. The summed E-state index contributed by atoms with van der Waals surface area (Å²) in [5.41, 5.74) is 9.14. The third-order valence-corrected chi connectivity index (χ3v) is 4.14. The summed E-state index contributed by atoms with van der Waals surface area (Å²) in [6.45, 7) is 0.104. The number of hydrogen-bond acceptors (Lipinski definition) is 8. The fourth-order valence-electron chi connectivity index (χ4n) is 2.16. The molecule has 1 heterocycles. The van der Waals surface area contributed by atoms with Crippen LogP contribution in [-0.4, -0.2) is 16.1 Å². The van der Waals surface area contributed by atoms with Gasteiger partial charge in [0.15, 0.2) is 0 Å². The molecule has 0 atom stereocenters. The average Bonchev–Trinajstić information content (AvgIpc) is 3.05. The Hall–Kier alpha value is -3.53. The van der Waals surface area contributed by atoms with Gasteiger partial charge >= 0.3 is 0 Å². The van der Waals surface area contributed by atoms with Gasteiger partial charge < -0.3 is 10.5 Å². The van der Waals surface area contributed by atoms with E-state index in [0.717, 1.165) is 0 Å². The van der Waals surface area contributed by atoms with Crippen LogP contribution in [0.3, 0.4) is 0 Å². The van der Waals surface area contributed by atoms with E-state index in [0.29, 0.717) is 27.8 Å². The summed E-state index contributed by atoms with van der Waals surface area (Å²) in [5, 5.41) is 17.2. The van der Waals surface area contributed by atoms with Crippen molar-refractivity contribution in [1.82, 2.24) is 4.98 Å². The maximum absolute atomic E-state index is 13.3. The lowest BCUT2D eigenvalue weighted by Crippen LogP contribution is -2.01. The Bertz CT molecular complexity index is 992. The number of nitrogen functional groups attached to an aromatic ring is 1. The number of hydrazone groups is 1. The van der Waals surface area contributed by atoms with E-state index in [1.54, 1.807) is 17.5 Å². The molecule has 2 aromatic carbocycles. The number of nitro benzene ring substituents is 1. The number of hydrogen-bond donors (Lipinski definition) is 2. The number of halogens is 1. The first kappa shape index (κ1) is 18.3. The van der Waals surface area contributed by atoms with E-state index in [1.807, 2.05) is 0 Å². The second-order valence-corrected chi connectivity index (χ2v) is 6.20. The molecular weight excluding hydrogens is 373 g/mol. The molecular formula is C17H14FN5O3S. The number of nitrogens with zero attached hydrogens (tertiary/aromatic N) is 3. The van der Waals surface area contributed by atoms with Crippen LogP contribution in [0.1, 0.15) is 11.1 Å². The Kier molecular flexibility index (Phi) is 5.57. The van der Waals surface area contributed by atoms with E-state index in [9.17, 15) is 14.5 Å². The van der Waals surface area contributed by atoms with Crippen LogP contribution in [0, 0.1) is 15.9 Å². The standard InChI is InChI=1S/C17H14FN5O3S/c18-13-3-1-2-11(6-13)9-26-15-5-4-14(23(24)25)7-12(15)8-20-22-17-21-16(19)10-27-17/h1-8,10H,9,19H2,(H,21,22). The van der Waals surface area contributed by atoms with Crippen molar-refractivity contribution in [2.24, 2.45) is 5.10 Å². The topological polar surface area (TPSA) is 116 Å². The molecule has 0 saturated heterocycles. The summed E-state index contributed by atoms with van der Waals surface area (Å²) >= 11 is 1.27. The van der Waals surface area contributed by atoms with Crippen molar-refractivity contribution in [2.45, 2.75) is 6.61 Å². The molecule has 0 bridgehead atoms. The lowest BCUT2D eigenvalue weighted by atomic mass is 10.2. The fraction of sp³-hybridized carbons (Fsp3) is 0.0588. The Morgan fingerprint density at radius 2 is 2.22 bits per heavy atom. The molecule has 0 fully saturated rings. The number of non-ortho nitro benzene ring substituents is 1. The summed E-state index contributed by atoms with van der Waals surface area (Å²) in [6.07, 6.45) is 1.38. The van der Waals surface area contributed by atoms with Crippen LogP contribution in [-0.2, 0) is 6.61 Å². The van der Waals surface area contributed by atoms with Crippen LogP contribution < -0.4 is 15.9 Å². The van der Waals surface area contributed by atoms with Crippen LogP contribution in [0.5, 0.6) is 5.75 Å². The van der Waals surface area contributed by atoms with Crippen molar-refractivity contribution in [3.05, 3.63) is 74.9 Å². The average molecular weight is 387 g/mol. The predicted octanol–water partition coefficient (Wildman–Crippen LogP) is 3.80. The first-order valence-corrected chi connectivity index (χ1v) is 8.55. The number of anilines is 2. The van der Waals surface area contributed by atoms with Gasteiger partial charge in [-0.05, 0) is 23.8 Å². The van der Waals surface area contributed by atoms with Crippen LogP contribution in [0.15, 0.2) is 52.9 Å². The third kappa shape index (κ3) is 4.98. The second kappa shape index (κ2) is 8.23. The molecule has 8 nitrogen and oxygen atoms in total. The van der Waals surface area contributed by atoms with Crippen LogP contribution >= 0.6 is 11.3 Å². The molecule has 0 saturated carbocycles. The van der Waals surface area contributed by atoms with Gasteiger partial charge in [-0.1, -0.05) is 12.1 Å². The van der Waals surface area contributed by atoms with Crippen molar-refractivity contribution in [3.63, 3.8) is 0 Å². The minimum Gasteiger partial charge on any atom is -0.488 e. The summed E-state index contributed by atoms with van der Waals surface area (Å²) in [6, 6.07) is 10.1. The zero-order valence-electron chi connectivity index (χ0n) is 13.8. The van der Waals surface area contributed by atoms with Crippen LogP contribution in [0.25, 0.3) is 0 Å². The quantitative estimate of drug-likeness (QED) is 0.362. The molecule has 3 N–H and O–H groups in total. The van der Waals surface area contributed by atoms with Crippen molar-refractivity contribution >= 4 is 34.2 Å². The van der Waals surface area contributed by atoms with E-state index >= 15 is 0 Å². The maximum Gasteiger partial charge on any atom is 0.270 e. The number of ether oxygens (including phenoxy) is 1. The summed E-state index contributed by atoms with van der Waals surface area (Å²) < 4.78 is 18.9. The Morgan fingerprint density at radius 1 is 1.37 bits per heavy atom. The van der Waals surface area contributed by atoms with Crippen molar-refractivity contribution in [2.75, 3.05) is 11.2 Å². The van der Waals surface area contributed by atoms with Gasteiger partial charge in [0.2, 0.25) is 5.13 Å². The molecule has 0 aliphatic heterocycles. The lowest BCUT2D eigenvalue weighted by Gasteiger charge is -2.09. The summed E-state index contributed by atoms with van der Waals surface area (Å²) in [4.78, 5) is 14.5. The van der Waals surface area contributed by atoms with Gasteiger partial charge in [-0.15, -0.1) is 11.3 Å². The number of benzene rings is 2. The van der Waals surface area contributed by atoms with E-state index in [1.165, 1.54) is 47.9 Å². The van der Waals surface area contributed by atoms with Gasteiger partial charge in [0, 0.05) is 23.1 Å². The lowest BCUT2D eigenvalue weighted by molar-refractivity contribution is -0.384. The molecule has 10 heteroatoms. The van der Waals surface area contributed by atoms with Gasteiger partial charge in [-0.2, -0.15) is 5.10 Å². The molecule has 3 rings (SSSR count). The number of rotatable bonds is 7. The Morgan fingerprint density at radius 3 is 2.93 bits per heavy atom. The normalized spacial score (nSPS) is 10.9. The highest BCUT2D eigenvalue weighted by Crippen LogP contribution is 2.24. The number of nitrogens with two attached hydrogens (primary N) is 1. The molecule has 0 amide bonds. The fourth-order valence-corrected chi connectivity index (χ4v) is 2.71. The molecule has 0 spiro atoms. The van der Waals surface area contributed by atoms with Crippen molar-refractivity contribution < 1.29 is 14.1 Å². The highest BCUT2D eigenvalue weighted by Gasteiger charge is 2.11. The third-order valence-electron chi connectivity index (χ3n) is 3.37.